The molecule has 2 rings (SSSR count). The predicted octanol–water partition coefficient (Wildman–Crippen LogP) is 2.14. The summed E-state index contributed by atoms with van der Waals surface area (Å²) in [6, 6.07) is 0. The van der Waals surface area contributed by atoms with E-state index < -0.39 is 5.82 Å². The second kappa shape index (κ2) is 6.02. The van der Waals surface area contributed by atoms with Gasteiger partial charge in [0.1, 0.15) is 11.4 Å². The number of nitrogens with zero attached hydrogens (tertiary/aromatic N) is 4. The topological polar surface area (TPSA) is 80.7 Å². The van der Waals surface area contributed by atoms with E-state index in [4.69, 9.17) is 0 Å². The van der Waals surface area contributed by atoms with Crippen LogP contribution in [0.3, 0.4) is 0 Å². The van der Waals surface area contributed by atoms with E-state index in [0.717, 1.165) is 23.1 Å². The van der Waals surface area contributed by atoms with Crippen molar-refractivity contribution < 1.29 is 9.18 Å². The highest BCUT2D eigenvalue weighted by atomic mass is 32.2. The summed E-state index contributed by atoms with van der Waals surface area (Å²) < 4.78 is 14.4. The number of hydrogen-bond donors (Lipinski definition) is 1. The molecule has 0 bridgehead atoms. The van der Waals surface area contributed by atoms with E-state index in [0.29, 0.717) is 21.6 Å². The second-order valence-corrected chi connectivity index (χ2v) is 5.66. The number of halogens is 1. The zero-order chi connectivity index (χ0) is 13.8. The normalized spacial score (nSPS) is 10.5. The van der Waals surface area contributed by atoms with Crippen molar-refractivity contribution in [3.8, 4) is 0 Å². The van der Waals surface area contributed by atoms with Crippen molar-refractivity contribution in [2.24, 2.45) is 0 Å². The van der Waals surface area contributed by atoms with Crippen LogP contribution in [0.25, 0.3) is 0 Å². The van der Waals surface area contributed by atoms with Crippen LogP contribution in [0.2, 0.25) is 0 Å². The number of nitrogens with one attached hydrogen (secondary N) is 1. The zero-order valence-electron chi connectivity index (χ0n) is 10.2. The molecule has 0 aliphatic rings. The van der Waals surface area contributed by atoms with Gasteiger partial charge in [-0.1, -0.05) is 18.3 Å². The van der Waals surface area contributed by atoms with Crippen LogP contribution in [0.5, 0.6) is 0 Å². The standard InChI is InChI=1S/C10H10FN5OS2/c1-3-6-7(11)8(13-4-12-6)18-10-16-15-9(19-10)14-5(2)17/h4H,3H2,1-2H3,(H,14,15,17). The summed E-state index contributed by atoms with van der Waals surface area (Å²) in [5, 5.41) is 10.7. The van der Waals surface area contributed by atoms with E-state index in [9.17, 15) is 9.18 Å². The maximum atomic E-state index is 13.9. The molecule has 0 aliphatic heterocycles. The van der Waals surface area contributed by atoms with Crippen molar-refractivity contribution in [3.05, 3.63) is 17.8 Å². The average molecular weight is 299 g/mol. The Bertz CT molecular complexity index is 603. The van der Waals surface area contributed by atoms with E-state index >= 15 is 0 Å². The highest BCUT2D eigenvalue weighted by Gasteiger charge is 2.14. The zero-order valence-corrected chi connectivity index (χ0v) is 11.8. The van der Waals surface area contributed by atoms with E-state index in [1.54, 1.807) is 0 Å². The smallest absolute Gasteiger partial charge is 0.223 e. The molecule has 0 aromatic carbocycles. The van der Waals surface area contributed by atoms with Crippen molar-refractivity contribution >= 4 is 34.1 Å². The molecule has 0 saturated heterocycles. The number of anilines is 1. The van der Waals surface area contributed by atoms with Crippen LogP contribution in [0.15, 0.2) is 15.7 Å². The molecule has 2 aromatic rings. The Morgan fingerprint density at radius 2 is 2.26 bits per heavy atom. The first-order valence-electron chi connectivity index (χ1n) is 5.38. The quantitative estimate of drug-likeness (QED) is 0.688. The van der Waals surface area contributed by atoms with Crippen molar-refractivity contribution in [1.29, 1.82) is 0 Å². The van der Waals surface area contributed by atoms with Gasteiger partial charge in [0.25, 0.3) is 0 Å². The third-order valence-corrected chi connectivity index (χ3v) is 3.91. The molecule has 0 atom stereocenters. The van der Waals surface area contributed by atoms with Crippen molar-refractivity contribution in [1.82, 2.24) is 20.2 Å². The third-order valence-electron chi connectivity index (χ3n) is 2.04. The summed E-state index contributed by atoms with van der Waals surface area (Å²) in [7, 11) is 0. The summed E-state index contributed by atoms with van der Waals surface area (Å²) in [6.07, 6.45) is 1.81. The predicted molar refractivity (Wildman–Crippen MR) is 69.7 cm³/mol. The molecule has 1 amide bonds. The maximum Gasteiger partial charge on any atom is 0.223 e. The number of carbonyl (C=O) groups is 1. The molecule has 9 heteroatoms. The molecule has 1 N–H and O–H groups in total. The first-order valence-corrected chi connectivity index (χ1v) is 7.01. The molecular formula is C10H10FN5OS2. The number of carbonyl (C=O) groups excluding carboxylic acids is 1. The largest absolute Gasteiger partial charge is 0.301 e. The lowest BCUT2D eigenvalue weighted by Gasteiger charge is -2.01. The molecule has 0 aliphatic carbocycles. The lowest BCUT2D eigenvalue weighted by Crippen LogP contribution is -2.04. The average Bonchev–Trinajstić information content (AvgIpc) is 2.78. The minimum Gasteiger partial charge on any atom is -0.301 e. The monoisotopic (exact) mass is 299 g/mol. The Morgan fingerprint density at radius 3 is 2.95 bits per heavy atom. The van der Waals surface area contributed by atoms with Gasteiger partial charge >= 0.3 is 0 Å². The second-order valence-electron chi connectivity index (χ2n) is 3.45. The van der Waals surface area contributed by atoms with Crippen LogP contribution >= 0.6 is 23.1 Å². The fourth-order valence-corrected chi connectivity index (χ4v) is 2.96. The van der Waals surface area contributed by atoms with Crippen molar-refractivity contribution in [3.63, 3.8) is 0 Å². The summed E-state index contributed by atoms with van der Waals surface area (Å²) >= 11 is 2.22. The number of rotatable bonds is 4. The minimum absolute atomic E-state index is 0.206. The first kappa shape index (κ1) is 13.8. The highest BCUT2D eigenvalue weighted by Crippen LogP contribution is 2.32. The van der Waals surface area contributed by atoms with Gasteiger partial charge in [0.15, 0.2) is 10.2 Å². The van der Waals surface area contributed by atoms with E-state index in [2.05, 4.69) is 25.5 Å². The van der Waals surface area contributed by atoms with Gasteiger partial charge in [-0.25, -0.2) is 14.4 Å². The van der Waals surface area contributed by atoms with Gasteiger partial charge in [-0.15, -0.1) is 10.2 Å². The van der Waals surface area contributed by atoms with Gasteiger partial charge in [0, 0.05) is 6.92 Å². The van der Waals surface area contributed by atoms with Gasteiger partial charge in [-0.05, 0) is 18.2 Å². The molecule has 0 spiro atoms. The van der Waals surface area contributed by atoms with E-state index in [1.807, 2.05) is 6.92 Å². The summed E-state index contributed by atoms with van der Waals surface area (Å²) in [5.74, 6) is -0.666. The number of amides is 1. The molecule has 2 heterocycles. The molecule has 100 valence electrons. The van der Waals surface area contributed by atoms with Crippen LogP contribution in [-0.4, -0.2) is 26.1 Å². The minimum atomic E-state index is -0.439. The first-order chi connectivity index (χ1) is 9.10. The van der Waals surface area contributed by atoms with Crippen LogP contribution < -0.4 is 5.32 Å². The SMILES string of the molecule is CCc1ncnc(Sc2nnc(NC(C)=O)s2)c1F. The van der Waals surface area contributed by atoms with Crippen molar-refractivity contribution in [2.45, 2.75) is 29.6 Å². The molecular weight excluding hydrogens is 289 g/mol. The molecule has 0 saturated carbocycles. The lowest BCUT2D eigenvalue weighted by atomic mass is 10.3. The van der Waals surface area contributed by atoms with Crippen LogP contribution in [0.1, 0.15) is 19.5 Å². The van der Waals surface area contributed by atoms with Crippen LogP contribution in [0, 0.1) is 5.82 Å². The van der Waals surface area contributed by atoms with E-state index in [-0.39, 0.29) is 10.9 Å². The fraction of sp³-hybridized carbons (Fsp3) is 0.300. The van der Waals surface area contributed by atoms with Gasteiger partial charge < -0.3 is 5.32 Å². The van der Waals surface area contributed by atoms with Gasteiger partial charge in [0.05, 0.1) is 5.69 Å². The van der Waals surface area contributed by atoms with Gasteiger partial charge in [-0.2, -0.15) is 0 Å². The molecule has 19 heavy (non-hydrogen) atoms. The molecule has 0 fully saturated rings. The molecule has 0 radical (unpaired) electrons. The van der Waals surface area contributed by atoms with Crippen molar-refractivity contribution in [2.75, 3.05) is 5.32 Å². The fourth-order valence-electron chi connectivity index (χ4n) is 1.24. The summed E-state index contributed by atoms with van der Waals surface area (Å²) in [5.41, 5.74) is 0.365. The Morgan fingerprint density at radius 1 is 1.47 bits per heavy atom. The third kappa shape index (κ3) is 3.44. The summed E-state index contributed by atoms with van der Waals surface area (Å²) in [4.78, 5) is 18.6. The maximum absolute atomic E-state index is 13.9. The van der Waals surface area contributed by atoms with Gasteiger partial charge in [-0.3, -0.25) is 4.79 Å². The number of aromatic nitrogens is 4. The van der Waals surface area contributed by atoms with E-state index in [1.165, 1.54) is 13.3 Å². The Hall–Kier alpha value is -1.61. The number of aryl methyl sites for hydroxylation is 1. The highest BCUT2D eigenvalue weighted by molar-refractivity contribution is 8.01. The Kier molecular flexibility index (Phi) is 4.38. The Balaban J connectivity index is 2.17. The van der Waals surface area contributed by atoms with Crippen LogP contribution in [-0.2, 0) is 11.2 Å². The molecule has 2 aromatic heterocycles. The number of hydrogen-bond acceptors (Lipinski definition) is 7. The molecule has 0 unspecified atom stereocenters. The van der Waals surface area contributed by atoms with Crippen LogP contribution in [0.4, 0.5) is 9.52 Å². The Labute approximate surface area is 116 Å². The van der Waals surface area contributed by atoms with Gasteiger partial charge in [0.2, 0.25) is 11.0 Å². The summed E-state index contributed by atoms with van der Waals surface area (Å²) in [6.45, 7) is 3.20. The lowest BCUT2D eigenvalue weighted by molar-refractivity contribution is -0.114. The molecule has 6 nitrogen and oxygen atoms in total.